The van der Waals surface area contributed by atoms with Gasteiger partial charge in [-0.25, -0.2) is 0 Å². The highest BCUT2D eigenvalue weighted by Crippen LogP contribution is 2.05. The Hall–Kier alpha value is -0.440. The Labute approximate surface area is 66.6 Å². The molecule has 0 aliphatic heterocycles. The van der Waals surface area contributed by atoms with Crippen LogP contribution in [0, 0.1) is 5.92 Å². The van der Waals surface area contributed by atoms with Crippen LogP contribution < -0.4 is 0 Å². The second-order valence-electron chi connectivity index (χ2n) is 2.33. The van der Waals surface area contributed by atoms with E-state index >= 15 is 0 Å². The lowest BCUT2D eigenvalue weighted by Crippen LogP contribution is -2.13. The molecule has 0 saturated heterocycles. The molecule has 0 unspecified atom stereocenters. The van der Waals surface area contributed by atoms with E-state index < -0.39 is 0 Å². The van der Waals surface area contributed by atoms with Crippen LogP contribution in [0.25, 0.3) is 0 Å². The van der Waals surface area contributed by atoms with Crippen LogP contribution in [0.5, 0.6) is 0 Å². The third-order valence-corrected chi connectivity index (χ3v) is 1.77. The maximum absolute atomic E-state index is 10.6. The van der Waals surface area contributed by atoms with Crippen molar-refractivity contribution >= 4 is 23.1 Å². The molecular weight excluding hydrogens is 148 g/mol. The molecule has 0 aliphatic carbocycles. The SMILES string of the molecule is COC(=S)[C@H](C)CC(C)=O. The van der Waals surface area contributed by atoms with E-state index in [0.29, 0.717) is 11.5 Å². The van der Waals surface area contributed by atoms with Gasteiger partial charge in [-0.3, -0.25) is 0 Å². The van der Waals surface area contributed by atoms with Crippen molar-refractivity contribution < 1.29 is 9.53 Å². The summed E-state index contributed by atoms with van der Waals surface area (Å²) in [5.41, 5.74) is 0. The van der Waals surface area contributed by atoms with Crippen molar-refractivity contribution in [2.24, 2.45) is 5.92 Å². The van der Waals surface area contributed by atoms with Gasteiger partial charge in [0.05, 0.1) is 7.11 Å². The van der Waals surface area contributed by atoms with Crippen molar-refractivity contribution in [3.05, 3.63) is 0 Å². The molecule has 0 rings (SSSR count). The van der Waals surface area contributed by atoms with Crippen LogP contribution in [0.15, 0.2) is 0 Å². The van der Waals surface area contributed by atoms with Crippen LogP contribution >= 0.6 is 12.2 Å². The lowest BCUT2D eigenvalue weighted by molar-refractivity contribution is -0.117. The normalized spacial score (nSPS) is 12.3. The molecule has 0 radical (unpaired) electrons. The zero-order valence-electron chi connectivity index (χ0n) is 6.51. The number of thiocarbonyl (C=S) groups is 1. The first-order chi connectivity index (χ1) is 4.57. The molecule has 0 N–H and O–H groups in total. The van der Waals surface area contributed by atoms with Crippen LogP contribution in [0.3, 0.4) is 0 Å². The molecule has 2 nitrogen and oxygen atoms in total. The summed E-state index contributed by atoms with van der Waals surface area (Å²) in [7, 11) is 1.53. The first-order valence-electron chi connectivity index (χ1n) is 3.15. The molecule has 0 spiro atoms. The summed E-state index contributed by atoms with van der Waals surface area (Å²) in [5.74, 6) is 0.212. The third kappa shape index (κ3) is 3.56. The minimum Gasteiger partial charge on any atom is -0.490 e. The summed E-state index contributed by atoms with van der Waals surface area (Å²) in [6.07, 6.45) is 0.479. The van der Waals surface area contributed by atoms with Crippen molar-refractivity contribution in [1.82, 2.24) is 0 Å². The van der Waals surface area contributed by atoms with Crippen molar-refractivity contribution in [2.75, 3.05) is 7.11 Å². The summed E-state index contributed by atoms with van der Waals surface area (Å²) in [6.45, 7) is 3.43. The number of hydrogen-bond acceptors (Lipinski definition) is 3. The minimum atomic E-state index is 0.0671. The van der Waals surface area contributed by atoms with Gasteiger partial charge in [0.15, 0.2) is 5.05 Å². The van der Waals surface area contributed by atoms with Crippen LogP contribution in [-0.4, -0.2) is 17.9 Å². The van der Waals surface area contributed by atoms with Gasteiger partial charge in [0.2, 0.25) is 0 Å². The second-order valence-corrected chi connectivity index (χ2v) is 2.73. The smallest absolute Gasteiger partial charge is 0.162 e. The van der Waals surface area contributed by atoms with Crippen molar-refractivity contribution in [3.63, 3.8) is 0 Å². The first kappa shape index (κ1) is 9.56. The number of methoxy groups -OCH3 is 1. The number of carbonyl (C=O) groups is 1. The Morgan fingerprint density at radius 3 is 2.50 bits per heavy atom. The average molecular weight is 160 g/mol. The maximum Gasteiger partial charge on any atom is 0.162 e. The largest absolute Gasteiger partial charge is 0.490 e. The Morgan fingerprint density at radius 2 is 2.20 bits per heavy atom. The number of hydrogen-bond donors (Lipinski definition) is 0. The highest BCUT2D eigenvalue weighted by Gasteiger charge is 2.10. The lowest BCUT2D eigenvalue weighted by Gasteiger charge is -2.08. The topological polar surface area (TPSA) is 26.3 Å². The first-order valence-corrected chi connectivity index (χ1v) is 3.56. The Morgan fingerprint density at radius 1 is 1.70 bits per heavy atom. The minimum absolute atomic E-state index is 0.0671. The molecule has 0 amide bonds. The van der Waals surface area contributed by atoms with Crippen LogP contribution in [0.2, 0.25) is 0 Å². The van der Waals surface area contributed by atoms with Crippen LogP contribution in [0.4, 0.5) is 0 Å². The van der Waals surface area contributed by atoms with Gasteiger partial charge in [-0.05, 0) is 19.1 Å². The Kier molecular flexibility index (Phi) is 4.19. The molecule has 0 aromatic rings. The van der Waals surface area contributed by atoms with Gasteiger partial charge in [0.25, 0.3) is 0 Å². The zero-order valence-corrected chi connectivity index (χ0v) is 7.33. The fourth-order valence-electron chi connectivity index (χ4n) is 0.716. The third-order valence-electron chi connectivity index (χ3n) is 1.20. The Bertz CT molecular complexity index is 143. The zero-order chi connectivity index (χ0) is 8.15. The fourth-order valence-corrected chi connectivity index (χ4v) is 0.799. The van der Waals surface area contributed by atoms with E-state index in [4.69, 9.17) is 17.0 Å². The van der Waals surface area contributed by atoms with Gasteiger partial charge in [-0.15, -0.1) is 0 Å². The summed E-state index contributed by atoms with van der Waals surface area (Å²) in [5, 5.41) is 0.509. The molecule has 0 fully saturated rings. The molecule has 0 heterocycles. The quantitative estimate of drug-likeness (QED) is 0.586. The monoisotopic (exact) mass is 160 g/mol. The van der Waals surface area contributed by atoms with E-state index in [1.165, 1.54) is 7.11 Å². The lowest BCUT2D eigenvalue weighted by atomic mass is 10.1. The van der Waals surface area contributed by atoms with E-state index in [9.17, 15) is 4.79 Å². The molecule has 0 bridgehead atoms. The molecule has 0 aliphatic rings. The highest BCUT2D eigenvalue weighted by molar-refractivity contribution is 7.80. The van der Waals surface area contributed by atoms with E-state index in [1.807, 2.05) is 6.92 Å². The van der Waals surface area contributed by atoms with Crippen molar-refractivity contribution in [2.45, 2.75) is 20.3 Å². The van der Waals surface area contributed by atoms with Crippen LogP contribution in [-0.2, 0) is 9.53 Å². The number of ether oxygens (including phenoxy) is 1. The second kappa shape index (κ2) is 4.39. The highest BCUT2D eigenvalue weighted by atomic mass is 32.1. The van der Waals surface area contributed by atoms with Gasteiger partial charge < -0.3 is 9.53 Å². The molecule has 0 aromatic carbocycles. The van der Waals surface area contributed by atoms with Crippen molar-refractivity contribution in [1.29, 1.82) is 0 Å². The predicted molar refractivity (Wildman–Crippen MR) is 44.1 cm³/mol. The molecule has 0 aromatic heterocycles. The Balaban J connectivity index is 3.72. The number of Topliss-reactive ketones (excluding diaryl/α,β-unsaturated/α-hetero) is 1. The molecule has 58 valence electrons. The van der Waals surface area contributed by atoms with E-state index in [-0.39, 0.29) is 11.7 Å². The molecule has 0 saturated carbocycles. The van der Waals surface area contributed by atoms with Gasteiger partial charge in [0.1, 0.15) is 5.78 Å². The standard InChI is InChI=1S/C7H12O2S/c1-5(4-6(2)8)7(10)9-3/h5H,4H2,1-3H3/t5-/m1/s1. The molecule has 10 heavy (non-hydrogen) atoms. The van der Waals surface area contributed by atoms with E-state index in [2.05, 4.69) is 0 Å². The number of carbonyl (C=O) groups excluding carboxylic acids is 1. The van der Waals surface area contributed by atoms with Gasteiger partial charge in [0, 0.05) is 12.3 Å². The predicted octanol–water partition coefficient (Wildman–Crippen LogP) is 1.58. The summed E-state index contributed by atoms with van der Waals surface area (Å²) in [4.78, 5) is 10.6. The molecule has 1 atom stereocenters. The summed E-state index contributed by atoms with van der Waals surface area (Å²) >= 11 is 4.82. The molecular formula is C7H12O2S. The van der Waals surface area contributed by atoms with Crippen molar-refractivity contribution in [3.8, 4) is 0 Å². The summed E-state index contributed by atoms with van der Waals surface area (Å²) < 4.78 is 4.79. The van der Waals surface area contributed by atoms with Gasteiger partial charge in [-0.1, -0.05) is 6.92 Å². The summed E-state index contributed by atoms with van der Waals surface area (Å²) in [6, 6.07) is 0. The number of ketones is 1. The van der Waals surface area contributed by atoms with E-state index in [0.717, 1.165) is 0 Å². The van der Waals surface area contributed by atoms with E-state index in [1.54, 1.807) is 6.92 Å². The molecule has 3 heteroatoms. The maximum atomic E-state index is 10.6. The average Bonchev–Trinajstić information content (AvgIpc) is 1.85. The number of rotatable bonds is 3. The van der Waals surface area contributed by atoms with Gasteiger partial charge in [-0.2, -0.15) is 0 Å². The fraction of sp³-hybridized carbons (Fsp3) is 0.714. The van der Waals surface area contributed by atoms with Gasteiger partial charge >= 0.3 is 0 Å². The van der Waals surface area contributed by atoms with Crippen LogP contribution in [0.1, 0.15) is 20.3 Å².